The molecule has 1 aliphatic rings. The van der Waals surface area contributed by atoms with Crippen molar-refractivity contribution in [3.05, 3.63) is 35.4 Å². The Bertz CT molecular complexity index is 392. The van der Waals surface area contributed by atoms with Crippen molar-refractivity contribution < 1.29 is 9.90 Å². The van der Waals surface area contributed by atoms with Crippen LogP contribution in [0.3, 0.4) is 0 Å². The Labute approximate surface area is 94.5 Å². The van der Waals surface area contributed by atoms with E-state index in [1.807, 2.05) is 12.1 Å². The SMILES string of the molecule is N[C@@H](C[C@@H]1Cc2ccccc2CN1)C(=O)O. The predicted molar refractivity (Wildman–Crippen MR) is 61.0 cm³/mol. The number of fused-ring (bicyclic) bond motifs is 1. The first-order valence-corrected chi connectivity index (χ1v) is 5.45. The summed E-state index contributed by atoms with van der Waals surface area (Å²) in [4.78, 5) is 10.7. The number of aliphatic carboxylic acids is 1. The van der Waals surface area contributed by atoms with Crippen molar-refractivity contribution in [3.63, 3.8) is 0 Å². The minimum Gasteiger partial charge on any atom is -0.480 e. The molecule has 2 rings (SSSR count). The molecular formula is C12H16N2O2. The monoisotopic (exact) mass is 220 g/mol. The Hall–Kier alpha value is -1.39. The number of carboxylic acid groups (broad SMARTS) is 1. The van der Waals surface area contributed by atoms with Gasteiger partial charge in [0.05, 0.1) is 0 Å². The summed E-state index contributed by atoms with van der Waals surface area (Å²) in [5, 5.41) is 12.1. The molecule has 4 N–H and O–H groups in total. The zero-order valence-electron chi connectivity index (χ0n) is 9.02. The third kappa shape index (κ3) is 2.40. The van der Waals surface area contributed by atoms with Crippen LogP contribution in [-0.2, 0) is 17.8 Å². The molecule has 0 aliphatic carbocycles. The molecule has 0 aromatic heterocycles. The van der Waals surface area contributed by atoms with Crippen molar-refractivity contribution in [1.82, 2.24) is 5.32 Å². The summed E-state index contributed by atoms with van der Waals surface area (Å²) in [7, 11) is 0. The zero-order valence-corrected chi connectivity index (χ0v) is 9.02. The molecule has 0 saturated carbocycles. The van der Waals surface area contributed by atoms with Crippen LogP contribution in [0.15, 0.2) is 24.3 Å². The second-order valence-electron chi connectivity index (χ2n) is 4.23. The van der Waals surface area contributed by atoms with Crippen molar-refractivity contribution >= 4 is 5.97 Å². The van der Waals surface area contributed by atoms with Crippen molar-refractivity contribution in [3.8, 4) is 0 Å². The largest absolute Gasteiger partial charge is 0.480 e. The molecule has 4 heteroatoms. The highest BCUT2D eigenvalue weighted by Gasteiger charge is 2.22. The van der Waals surface area contributed by atoms with Crippen LogP contribution < -0.4 is 11.1 Å². The van der Waals surface area contributed by atoms with Gasteiger partial charge in [0.2, 0.25) is 0 Å². The molecule has 0 unspecified atom stereocenters. The summed E-state index contributed by atoms with van der Waals surface area (Å²) in [6.45, 7) is 0.799. The van der Waals surface area contributed by atoms with Gasteiger partial charge in [0, 0.05) is 12.6 Å². The molecule has 4 nitrogen and oxygen atoms in total. The van der Waals surface area contributed by atoms with E-state index in [9.17, 15) is 4.79 Å². The minimum absolute atomic E-state index is 0.168. The fourth-order valence-corrected chi connectivity index (χ4v) is 2.10. The summed E-state index contributed by atoms with van der Waals surface area (Å²) < 4.78 is 0. The number of hydrogen-bond acceptors (Lipinski definition) is 3. The molecule has 0 saturated heterocycles. The van der Waals surface area contributed by atoms with Crippen LogP contribution in [0.2, 0.25) is 0 Å². The van der Waals surface area contributed by atoms with E-state index in [0.29, 0.717) is 6.42 Å². The second kappa shape index (κ2) is 4.63. The van der Waals surface area contributed by atoms with Gasteiger partial charge in [0.25, 0.3) is 0 Å². The average molecular weight is 220 g/mol. The lowest BCUT2D eigenvalue weighted by Gasteiger charge is -2.27. The number of rotatable bonds is 3. The first kappa shape index (κ1) is 11.1. The van der Waals surface area contributed by atoms with E-state index in [2.05, 4.69) is 17.4 Å². The number of benzene rings is 1. The van der Waals surface area contributed by atoms with E-state index < -0.39 is 12.0 Å². The number of nitrogens with one attached hydrogen (secondary N) is 1. The second-order valence-corrected chi connectivity index (χ2v) is 4.23. The predicted octanol–water partition coefficient (Wildman–Crippen LogP) is 0.503. The first-order valence-electron chi connectivity index (χ1n) is 5.45. The maximum Gasteiger partial charge on any atom is 0.320 e. The third-order valence-corrected chi connectivity index (χ3v) is 3.02. The van der Waals surface area contributed by atoms with E-state index in [1.165, 1.54) is 11.1 Å². The van der Waals surface area contributed by atoms with E-state index >= 15 is 0 Å². The Morgan fingerprint density at radius 3 is 2.88 bits per heavy atom. The molecule has 0 spiro atoms. The number of carboxylic acids is 1. The summed E-state index contributed by atoms with van der Waals surface area (Å²) in [6.07, 6.45) is 1.33. The maximum atomic E-state index is 10.7. The highest BCUT2D eigenvalue weighted by atomic mass is 16.4. The Morgan fingerprint density at radius 2 is 2.19 bits per heavy atom. The lowest BCUT2D eigenvalue weighted by molar-refractivity contribution is -0.138. The standard InChI is InChI=1S/C12H16N2O2/c13-11(12(15)16)6-10-5-8-3-1-2-4-9(8)7-14-10/h1-4,10-11,14H,5-7,13H2,(H,15,16)/t10-,11-/m0/s1. The summed E-state index contributed by atoms with van der Waals surface area (Å²) >= 11 is 0. The van der Waals surface area contributed by atoms with Crippen molar-refractivity contribution in [2.45, 2.75) is 31.5 Å². The summed E-state index contributed by atoms with van der Waals surface area (Å²) in [5.74, 6) is -0.930. The lowest BCUT2D eigenvalue weighted by Crippen LogP contribution is -2.42. The third-order valence-electron chi connectivity index (χ3n) is 3.02. The molecular weight excluding hydrogens is 204 g/mol. The quantitative estimate of drug-likeness (QED) is 0.693. The van der Waals surface area contributed by atoms with Crippen LogP contribution in [0, 0.1) is 0 Å². The van der Waals surface area contributed by atoms with Crippen LogP contribution in [0.4, 0.5) is 0 Å². The van der Waals surface area contributed by atoms with E-state index in [-0.39, 0.29) is 6.04 Å². The van der Waals surface area contributed by atoms with Gasteiger partial charge in [-0.3, -0.25) is 4.79 Å². The molecule has 0 fully saturated rings. The van der Waals surface area contributed by atoms with Crippen LogP contribution in [-0.4, -0.2) is 23.2 Å². The van der Waals surface area contributed by atoms with Crippen molar-refractivity contribution in [1.29, 1.82) is 0 Å². The van der Waals surface area contributed by atoms with Crippen molar-refractivity contribution in [2.75, 3.05) is 0 Å². The lowest BCUT2D eigenvalue weighted by atomic mass is 9.92. The fourth-order valence-electron chi connectivity index (χ4n) is 2.10. The van der Waals surface area contributed by atoms with E-state index in [1.54, 1.807) is 0 Å². The molecule has 1 aromatic rings. The molecule has 86 valence electrons. The Kier molecular flexibility index (Phi) is 3.22. The molecule has 16 heavy (non-hydrogen) atoms. The summed E-state index contributed by atoms with van der Waals surface area (Å²) in [6, 6.07) is 7.61. The Balaban J connectivity index is 2.00. The molecule has 0 amide bonds. The van der Waals surface area contributed by atoms with Gasteiger partial charge in [-0.05, 0) is 24.0 Å². The number of hydrogen-bond donors (Lipinski definition) is 3. The minimum atomic E-state index is -0.930. The fraction of sp³-hybridized carbons (Fsp3) is 0.417. The van der Waals surface area contributed by atoms with Gasteiger partial charge in [-0.1, -0.05) is 24.3 Å². The van der Waals surface area contributed by atoms with E-state index in [4.69, 9.17) is 10.8 Å². The normalized spacial score (nSPS) is 21.2. The van der Waals surface area contributed by atoms with Crippen LogP contribution >= 0.6 is 0 Å². The number of nitrogens with two attached hydrogens (primary N) is 1. The highest BCUT2D eigenvalue weighted by molar-refractivity contribution is 5.73. The van der Waals surface area contributed by atoms with Gasteiger partial charge >= 0.3 is 5.97 Å². The topological polar surface area (TPSA) is 75.3 Å². The van der Waals surface area contributed by atoms with E-state index in [0.717, 1.165) is 13.0 Å². The molecule has 2 atom stereocenters. The van der Waals surface area contributed by atoms with Gasteiger partial charge < -0.3 is 16.2 Å². The molecule has 0 radical (unpaired) electrons. The van der Waals surface area contributed by atoms with Gasteiger partial charge in [-0.2, -0.15) is 0 Å². The molecule has 1 aromatic carbocycles. The number of carbonyl (C=O) groups is 1. The maximum absolute atomic E-state index is 10.7. The molecule has 0 bridgehead atoms. The van der Waals surface area contributed by atoms with Gasteiger partial charge in [0.1, 0.15) is 6.04 Å². The smallest absolute Gasteiger partial charge is 0.320 e. The first-order chi connectivity index (χ1) is 7.66. The summed E-state index contributed by atoms with van der Waals surface area (Å²) in [5.41, 5.74) is 8.12. The highest BCUT2D eigenvalue weighted by Crippen LogP contribution is 2.18. The van der Waals surface area contributed by atoms with Crippen LogP contribution in [0.25, 0.3) is 0 Å². The zero-order chi connectivity index (χ0) is 11.5. The molecule has 1 heterocycles. The van der Waals surface area contributed by atoms with Crippen LogP contribution in [0.1, 0.15) is 17.5 Å². The van der Waals surface area contributed by atoms with Gasteiger partial charge in [-0.15, -0.1) is 0 Å². The molecule has 1 aliphatic heterocycles. The Morgan fingerprint density at radius 1 is 1.50 bits per heavy atom. The van der Waals surface area contributed by atoms with Gasteiger partial charge in [0.15, 0.2) is 0 Å². The average Bonchev–Trinajstić information content (AvgIpc) is 2.28. The van der Waals surface area contributed by atoms with Crippen LogP contribution in [0.5, 0.6) is 0 Å². The van der Waals surface area contributed by atoms with Gasteiger partial charge in [-0.25, -0.2) is 0 Å². The van der Waals surface area contributed by atoms with Crippen molar-refractivity contribution in [2.24, 2.45) is 5.73 Å².